The minimum absolute atomic E-state index is 0. The number of aliphatic hydroxyl groups excluding tert-OH is 2. The van der Waals surface area contributed by atoms with Crippen molar-refractivity contribution >= 4 is 12.4 Å². The number of rotatable bonds is 19. The van der Waals surface area contributed by atoms with Crippen molar-refractivity contribution in [1.29, 1.82) is 0 Å². The molecule has 1 heterocycles. The second-order valence-corrected chi connectivity index (χ2v) is 8.39. The van der Waals surface area contributed by atoms with E-state index < -0.39 is 0 Å². The van der Waals surface area contributed by atoms with Crippen molar-refractivity contribution in [1.82, 2.24) is 9.80 Å². The third kappa shape index (κ3) is 14.5. The Hall–Kier alpha value is -0.130. The van der Waals surface area contributed by atoms with Crippen molar-refractivity contribution in [3.8, 4) is 0 Å². The van der Waals surface area contributed by atoms with Gasteiger partial charge in [-0.15, -0.1) is 12.4 Å². The van der Waals surface area contributed by atoms with Crippen LogP contribution in [0.1, 0.15) is 96.8 Å². The predicted octanol–water partition coefficient (Wildman–Crippen LogP) is 5.37. The topological polar surface area (TPSA) is 46.9 Å². The summed E-state index contributed by atoms with van der Waals surface area (Å²) in [6.07, 6.45) is 24.2. The number of aliphatic hydroxyl groups is 2. The summed E-state index contributed by atoms with van der Waals surface area (Å²) in [6.45, 7) is 6.09. The van der Waals surface area contributed by atoms with Crippen LogP contribution in [0.4, 0.5) is 0 Å². The molecular formula is C24H49ClN2O2. The van der Waals surface area contributed by atoms with Gasteiger partial charge in [0.2, 0.25) is 0 Å². The van der Waals surface area contributed by atoms with E-state index in [9.17, 15) is 10.2 Å². The summed E-state index contributed by atoms with van der Waals surface area (Å²) < 4.78 is 0. The van der Waals surface area contributed by atoms with Crippen LogP contribution < -0.4 is 0 Å². The molecule has 0 saturated carbocycles. The van der Waals surface area contributed by atoms with Crippen LogP contribution in [0.3, 0.4) is 0 Å². The quantitative estimate of drug-likeness (QED) is 0.212. The van der Waals surface area contributed by atoms with Crippen LogP contribution in [0.5, 0.6) is 0 Å². The van der Waals surface area contributed by atoms with E-state index in [0.29, 0.717) is 0 Å². The van der Waals surface area contributed by atoms with Crippen LogP contribution in [-0.4, -0.2) is 65.6 Å². The molecule has 0 bridgehead atoms. The molecule has 0 unspecified atom stereocenters. The van der Waals surface area contributed by atoms with Crippen molar-refractivity contribution < 1.29 is 10.2 Å². The van der Waals surface area contributed by atoms with E-state index in [1.807, 2.05) is 0 Å². The maximum Gasteiger partial charge on any atom is 0.0817 e. The molecule has 0 radical (unpaired) electrons. The first kappa shape index (κ1) is 28.9. The fraction of sp³-hybridized carbons (Fsp3) is 0.917. The molecular weight excluding hydrogens is 384 g/mol. The van der Waals surface area contributed by atoms with Crippen molar-refractivity contribution in [3.63, 3.8) is 0 Å². The average Bonchev–Trinajstić information content (AvgIpc) is 3.07. The van der Waals surface area contributed by atoms with Crippen LogP contribution >= 0.6 is 12.4 Å². The first-order chi connectivity index (χ1) is 13.8. The molecule has 0 aromatic heterocycles. The van der Waals surface area contributed by atoms with Gasteiger partial charge in [-0.05, 0) is 12.8 Å². The Kier molecular flexibility index (Phi) is 21.0. The SMILES string of the molecule is CCCCCCCCCCCCCCCC=CC1N(CCO)CCN1CCO.Cl. The number of unbranched alkanes of at least 4 members (excludes halogenated alkanes) is 13. The largest absolute Gasteiger partial charge is 0.395 e. The van der Waals surface area contributed by atoms with Crippen LogP contribution in [0, 0.1) is 0 Å². The predicted molar refractivity (Wildman–Crippen MR) is 128 cm³/mol. The summed E-state index contributed by atoms with van der Waals surface area (Å²) in [5.41, 5.74) is 0. The lowest BCUT2D eigenvalue weighted by molar-refractivity contribution is 0.130. The number of nitrogens with zero attached hydrogens (tertiary/aromatic N) is 2. The molecule has 0 atom stereocenters. The zero-order chi connectivity index (χ0) is 20.3. The second-order valence-electron chi connectivity index (χ2n) is 8.39. The first-order valence-corrected chi connectivity index (χ1v) is 12.2. The van der Waals surface area contributed by atoms with Gasteiger partial charge in [-0.3, -0.25) is 9.80 Å². The van der Waals surface area contributed by atoms with E-state index in [4.69, 9.17) is 0 Å². The van der Waals surface area contributed by atoms with Gasteiger partial charge in [-0.25, -0.2) is 0 Å². The van der Waals surface area contributed by atoms with Gasteiger partial charge in [0.05, 0.1) is 19.4 Å². The highest BCUT2D eigenvalue weighted by molar-refractivity contribution is 5.85. The maximum absolute atomic E-state index is 9.23. The van der Waals surface area contributed by atoms with Crippen molar-refractivity contribution in [2.75, 3.05) is 39.4 Å². The summed E-state index contributed by atoms with van der Waals surface area (Å²) in [4.78, 5) is 4.60. The van der Waals surface area contributed by atoms with Gasteiger partial charge in [0.1, 0.15) is 0 Å². The molecule has 1 aliphatic heterocycles. The Bertz CT molecular complexity index is 355. The van der Waals surface area contributed by atoms with Gasteiger partial charge in [-0.1, -0.05) is 96.1 Å². The van der Waals surface area contributed by atoms with E-state index in [1.165, 1.54) is 83.5 Å². The zero-order valence-electron chi connectivity index (χ0n) is 19.1. The van der Waals surface area contributed by atoms with Gasteiger partial charge < -0.3 is 10.2 Å². The van der Waals surface area contributed by atoms with Gasteiger partial charge in [0.15, 0.2) is 0 Å². The highest BCUT2D eigenvalue weighted by Gasteiger charge is 2.28. The Labute approximate surface area is 187 Å². The Balaban J connectivity index is 0.00000784. The molecule has 0 aromatic rings. The Morgan fingerprint density at radius 1 is 0.690 bits per heavy atom. The van der Waals surface area contributed by atoms with Crippen LogP contribution in [0.25, 0.3) is 0 Å². The molecule has 4 nitrogen and oxygen atoms in total. The molecule has 29 heavy (non-hydrogen) atoms. The van der Waals surface area contributed by atoms with E-state index in [1.54, 1.807) is 0 Å². The molecule has 0 spiro atoms. The number of halogens is 1. The summed E-state index contributed by atoms with van der Waals surface area (Å²) >= 11 is 0. The van der Waals surface area contributed by atoms with E-state index >= 15 is 0 Å². The van der Waals surface area contributed by atoms with Gasteiger partial charge in [-0.2, -0.15) is 0 Å². The van der Waals surface area contributed by atoms with Crippen molar-refractivity contribution in [2.24, 2.45) is 0 Å². The molecule has 0 amide bonds. The summed E-state index contributed by atoms with van der Waals surface area (Å²) in [6, 6.07) is 0. The highest BCUT2D eigenvalue weighted by atomic mass is 35.5. The second kappa shape index (κ2) is 21.1. The fourth-order valence-electron chi connectivity index (χ4n) is 4.24. The van der Waals surface area contributed by atoms with E-state index in [0.717, 1.165) is 32.6 Å². The highest BCUT2D eigenvalue weighted by Crippen LogP contribution is 2.16. The number of β-amino-alcohol motifs (C(OH)–C–C–N with tert-alkyl or cyclic N) is 2. The molecule has 0 aliphatic carbocycles. The van der Waals surface area contributed by atoms with Crippen LogP contribution in [0.2, 0.25) is 0 Å². The van der Waals surface area contributed by atoms with Crippen LogP contribution in [-0.2, 0) is 0 Å². The molecule has 0 aromatic carbocycles. The third-order valence-corrected chi connectivity index (χ3v) is 5.98. The minimum atomic E-state index is 0. The lowest BCUT2D eigenvalue weighted by Gasteiger charge is -2.26. The average molecular weight is 433 g/mol. The molecule has 2 N–H and O–H groups in total. The number of hydrogen-bond acceptors (Lipinski definition) is 4. The van der Waals surface area contributed by atoms with Gasteiger partial charge in [0.25, 0.3) is 0 Å². The number of hydrogen-bond donors (Lipinski definition) is 2. The van der Waals surface area contributed by atoms with Crippen molar-refractivity contribution in [2.45, 2.75) is 103 Å². The molecule has 1 rings (SSSR count). The molecule has 1 aliphatic rings. The summed E-state index contributed by atoms with van der Waals surface area (Å²) in [7, 11) is 0. The van der Waals surface area contributed by atoms with Gasteiger partial charge >= 0.3 is 0 Å². The lowest BCUT2D eigenvalue weighted by Crippen LogP contribution is -2.39. The minimum Gasteiger partial charge on any atom is -0.395 e. The molecule has 174 valence electrons. The molecule has 1 saturated heterocycles. The Morgan fingerprint density at radius 3 is 1.52 bits per heavy atom. The van der Waals surface area contributed by atoms with Crippen molar-refractivity contribution in [3.05, 3.63) is 12.2 Å². The van der Waals surface area contributed by atoms with Gasteiger partial charge in [0, 0.05) is 26.2 Å². The standard InChI is InChI=1S/C24H48N2O2.ClH/c1-2-3-4-5-6-7-8-9-10-11-12-13-14-15-16-17-24-25(20-22-27)18-19-26(24)21-23-28;/h16-17,24,27-28H,2-15,18-23H2,1H3;1H. The summed E-state index contributed by atoms with van der Waals surface area (Å²) in [5.74, 6) is 0. The fourth-order valence-corrected chi connectivity index (χ4v) is 4.24. The van der Waals surface area contributed by atoms with E-state index in [-0.39, 0.29) is 31.8 Å². The smallest absolute Gasteiger partial charge is 0.0817 e. The monoisotopic (exact) mass is 432 g/mol. The summed E-state index contributed by atoms with van der Waals surface area (Å²) in [5, 5.41) is 18.5. The van der Waals surface area contributed by atoms with E-state index in [2.05, 4.69) is 28.9 Å². The third-order valence-electron chi connectivity index (χ3n) is 5.98. The zero-order valence-corrected chi connectivity index (χ0v) is 19.9. The number of allylic oxidation sites excluding steroid dienone is 1. The lowest BCUT2D eigenvalue weighted by atomic mass is 10.0. The first-order valence-electron chi connectivity index (χ1n) is 12.2. The molecule has 5 heteroatoms. The maximum atomic E-state index is 9.23. The van der Waals surface area contributed by atoms with Crippen LogP contribution in [0.15, 0.2) is 12.2 Å². The normalized spacial score (nSPS) is 16.1. The Morgan fingerprint density at radius 2 is 1.10 bits per heavy atom. The molecule has 1 fully saturated rings.